The quantitative estimate of drug-likeness (QED) is 0.383. The van der Waals surface area contributed by atoms with Gasteiger partial charge in [0.25, 0.3) is 0 Å². The highest BCUT2D eigenvalue weighted by Crippen LogP contribution is 2.31. The van der Waals surface area contributed by atoms with Gasteiger partial charge in [0.15, 0.2) is 10.6 Å². The fourth-order valence-corrected chi connectivity index (χ4v) is 3.92. The summed E-state index contributed by atoms with van der Waals surface area (Å²) in [6.45, 7) is 2.99. The SMILES string of the molecule is CCn1c(CNC(=O)CCc2c(-c3ccc(F)cc3)[nH]c3ccccc23)n[nH]c1=S. The number of H-pyrrole nitrogens is 2. The van der Waals surface area contributed by atoms with Crippen LogP contribution in [0.15, 0.2) is 48.5 Å². The number of hydrogen-bond donors (Lipinski definition) is 3. The summed E-state index contributed by atoms with van der Waals surface area (Å²) in [6, 6.07) is 14.3. The Morgan fingerprint density at radius 3 is 2.73 bits per heavy atom. The minimum Gasteiger partial charge on any atom is -0.354 e. The molecular formula is C22H22FN5OS. The van der Waals surface area contributed by atoms with Crippen LogP contribution in [0, 0.1) is 10.6 Å². The largest absolute Gasteiger partial charge is 0.354 e. The van der Waals surface area contributed by atoms with E-state index >= 15 is 0 Å². The molecule has 2 aromatic carbocycles. The van der Waals surface area contributed by atoms with Crippen LogP contribution in [-0.4, -0.2) is 25.7 Å². The number of carbonyl (C=O) groups excluding carboxylic acids is 1. The van der Waals surface area contributed by atoms with E-state index in [-0.39, 0.29) is 11.7 Å². The van der Waals surface area contributed by atoms with E-state index in [1.54, 1.807) is 12.1 Å². The third-order valence-electron chi connectivity index (χ3n) is 5.15. The predicted molar refractivity (Wildman–Crippen MR) is 117 cm³/mol. The Balaban J connectivity index is 1.51. The second kappa shape index (κ2) is 8.62. The highest BCUT2D eigenvalue weighted by molar-refractivity contribution is 7.71. The van der Waals surface area contributed by atoms with E-state index in [0.29, 0.717) is 36.5 Å². The first-order valence-electron chi connectivity index (χ1n) is 9.83. The summed E-state index contributed by atoms with van der Waals surface area (Å²) >= 11 is 5.18. The van der Waals surface area contributed by atoms with Crippen LogP contribution in [0.25, 0.3) is 22.2 Å². The van der Waals surface area contributed by atoms with Crippen molar-refractivity contribution in [3.05, 3.63) is 70.5 Å². The van der Waals surface area contributed by atoms with Crippen LogP contribution in [0.3, 0.4) is 0 Å². The number of benzene rings is 2. The van der Waals surface area contributed by atoms with Crippen molar-refractivity contribution in [1.82, 2.24) is 25.1 Å². The lowest BCUT2D eigenvalue weighted by atomic mass is 10.0. The summed E-state index contributed by atoms with van der Waals surface area (Å²) in [5.41, 5.74) is 3.84. The second-order valence-electron chi connectivity index (χ2n) is 7.00. The van der Waals surface area contributed by atoms with Crippen molar-refractivity contribution in [2.75, 3.05) is 0 Å². The number of halogens is 1. The van der Waals surface area contributed by atoms with Crippen molar-refractivity contribution in [2.45, 2.75) is 32.9 Å². The molecule has 2 aromatic heterocycles. The Morgan fingerprint density at radius 2 is 1.97 bits per heavy atom. The summed E-state index contributed by atoms with van der Waals surface area (Å²) in [5, 5.41) is 10.9. The number of nitrogens with one attached hydrogen (secondary N) is 3. The number of carbonyl (C=O) groups is 1. The molecule has 3 N–H and O–H groups in total. The fourth-order valence-electron chi connectivity index (χ4n) is 3.64. The van der Waals surface area contributed by atoms with Gasteiger partial charge >= 0.3 is 0 Å². The van der Waals surface area contributed by atoms with Gasteiger partial charge in [-0.05, 0) is 67.0 Å². The van der Waals surface area contributed by atoms with Crippen molar-refractivity contribution in [3.8, 4) is 11.3 Å². The molecule has 6 nitrogen and oxygen atoms in total. The molecule has 0 fully saturated rings. The maximum absolute atomic E-state index is 13.4. The van der Waals surface area contributed by atoms with Crippen molar-refractivity contribution < 1.29 is 9.18 Å². The van der Waals surface area contributed by atoms with Gasteiger partial charge in [0.1, 0.15) is 5.82 Å². The van der Waals surface area contributed by atoms with Crippen molar-refractivity contribution in [1.29, 1.82) is 0 Å². The van der Waals surface area contributed by atoms with E-state index in [0.717, 1.165) is 27.7 Å². The number of nitrogens with zero attached hydrogens (tertiary/aromatic N) is 2. The zero-order valence-corrected chi connectivity index (χ0v) is 17.4. The smallest absolute Gasteiger partial charge is 0.220 e. The third-order valence-corrected chi connectivity index (χ3v) is 5.46. The molecule has 0 atom stereocenters. The molecular weight excluding hydrogens is 401 g/mol. The molecule has 0 aliphatic heterocycles. The highest BCUT2D eigenvalue weighted by Gasteiger charge is 2.15. The molecule has 8 heteroatoms. The van der Waals surface area contributed by atoms with Crippen LogP contribution in [0.2, 0.25) is 0 Å². The molecule has 0 spiro atoms. The first kappa shape index (κ1) is 20.0. The summed E-state index contributed by atoms with van der Waals surface area (Å²) in [6.07, 6.45) is 0.885. The van der Waals surface area contributed by atoms with E-state index in [4.69, 9.17) is 12.2 Å². The Bertz CT molecular complexity index is 1240. The number of aryl methyl sites for hydroxylation is 1. The molecule has 4 rings (SSSR count). The average Bonchev–Trinajstić information content (AvgIpc) is 3.31. The van der Waals surface area contributed by atoms with Gasteiger partial charge in [-0.3, -0.25) is 9.89 Å². The molecule has 0 radical (unpaired) electrons. The van der Waals surface area contributed by atoms with Crippen LogP contribution in [0.5, 0.6) is 0 Å². The van der Waals surface area contributed by atoms with Gasteiger partial charge in [0, 0.05) is 29.6 Å². The van der Waals surface area contributed by atoms with E-state index in [9.17, 15) is 9.18 Å². The zero-order chi connectivity index (χ0) is 21.1. The summed E-state index contributed by atoms with van der Waals surface area (Å²) < 4.78 is 15.8. The lowest BCUT2D eigenvalue weighted by molar-refractivity contribution is -0.121. The van der Waals surface area contributed by atoms with Crippen molar-refractivity contribution >= 4 is 29.0 Å². The van der Waals surface area contributed by atoms with Crippen LogP contribution in [0.4, 0.5) is 4.39 Å². The van der Waals surface area contributed by atoms with Crippen molar-refractivity contribution in [3.63, 3.8) is 0 Å². The molecule has 154 valence electrons. The zero-order valence-electron chi connectivity index (χ0n) is 16.5. The molecule has 0 bridgehead atoms. The number of para-hydroxylation sites is 1. The number of fused-ring (bicyclic) bond motifs is 1. The Morgan fingerprint density at radius 1 is 1.20 bits per heavy atom. The van der Waals surface area contributed by atoms with E-state index < -0.39 is 0 Å². The number of hydrogen-bond acceptors (Lipinski definition) is 3. The molecule has 1 amide bonds. The average molecular weight is 424 g/mol. The Labute approximate surface area is 178 Å². The molecule has 2 heterocycles. The molecule has 0 aliphatic rings. The van der Waals surface area contributed by atoms with Gasteiger partial charge in [-0.2, -0.15) is 5.10 Å². The summed E-state index contributed by atoms with van der Waals surface area (Å²) in [7, 11) is 0. The van der Waals surface area contributed by atoms with Gasteiger partial charge in [0.05, 0.1) is 6.54 Å². The lowest BCUT2D eigenvalue weighted by Crippen LogP contribution is -2.25. The second-order valence-corrected chi connectivity index (χ2v) is 7.38. The molecule has 4 aromatic rings. The highest BCUT2D eigenvalue weighted by atomic mass is 32.1. The number of aromatic amines is 2. The van der Waals surface area contributed by atoms with Gasteiger partial charge in [0.2, 0.25) is 5.91 Å². The van der Waals surface area contributed by atoms with Gasteiger partial charge in [-0.1, -0.05) is 18.2 Å². The van der Waals surface area contributed by atoms with Gasteiger partial charge in [-0.25, -0.2) is 4.39 Å². The fraction of sp³-hybridized carbons (Fsp3) is 0.227. The Hall–Kier alpha value is -3.26. The van der Waals surface area contributed by atoms with E-state index in [1.807, 2.05) is 35.8 Å². The topological polar surface area (TPSA) is 78.5 Å². The minimum atomic E-state index is -0.277. The molecule has 0 aliphatic carbocycles. The molecule has 0 saturated carbocycles. The normalized spacial score (nSPS) is 11.1. The number of rotatable bonds is 7. The van der Waals surface area contributed by atoms with Crippen LogP contribution in [-0.2, 0) is 24.3 Å². The monoisotopic (exact) mass is 423 g/mol. The van der Waals surface area contributed by atoms with Crippen LogP contribution in [0.1, 0.15) is 24.7 Å². The maximum atomic E-state index is 13.4. The first-order chi connectivity index (χ1) is 14.6. The molecule has 0 unspecified atom stereocenters. The summed E-state index contributed by atoms with van der Waals surface area (Å²) in [4.78, 5) is 15.9. The van der Waals surface area contributed by atoms with Crippen molar-refractivity contribution in [2.24, 2.45) is 0 Å². The van der Waals surface area contributed by atoms with Gasteiger partial charge in [-0.15, -0.1) is 0 Å². The Kier molecular flexibility index (Phi) is 5.76. The predicted octanol–water partition coefficient (Wildman–Crippen LogP) is 4.50. The standard InChI is InChI=1S/C22H22FN5OS/c1-2-28-19(26-27-22(28)30)13-24-20(29)12-11-17-16-5-3-4-6-18(16)25-21(17)14-7-9-15(23)10-8-14/h3-10,25H,2,11-13H2,1H3,(H,24,29)(H,27,30). The van der Waals surface area contributed by atoms with E-state index in [2.05, 4.69) is 20.5 Å². The summed E-state index contributed by atoms with van der Waals surface area (Å²) in [5.74, 6) is 0.359. The number of aromatic nitrogens is 4. The lowest BCUT2D eigenvalue weighted by Gasteiger charge is -2.08. The molecule has 30 heavy (non-hydrogen) atoms. The third kappa shape index (κ3) is 4.04. The minimum absolute atomic E-state index is 0.0677. The van der Waals surface area contributed by atoms with Crippen LogP contribution < -0.4 is 5.32 Å². The van der Waals surface area contributed by atoms with E-state index in [1.165, 1.54) is 12.1 Å². The van der Waals surface area contributed by atoms with Crippen LogP contribution >= 0.6 is 12.2 Å². The van der Waals surface area contributed by atoms with Gasteiger partial charge < -0.3 is 14.9 Å². The number of amides is 1. The maximum Gasteiger partial charge on any atom is 0.220 e. The molecule has 0 saturated heterocycles. The first-order valence-corrected chi connectivity index (χ1v) is 10.2.